The second-order valence-electron chi connectivity index (χ2n) is 5.42. The van der Waals surface area contributed by atoms with E-state index < -0.39 is 0 Å². The lowest BCUT2D eigenvalue weighted by Gasteiger charge is -2.33. The van der Waals surface area contributed by atoms with Gasteiger partial charge >= 0.3 is 0 Å². The number of nitrogens with zero attached hydrogens (tertiary/aromatic N) is 3. The van der Waals surface area contributed by atoms with Crippen molar-refractivity contribution in [1.29, 1.82) is 0 Å². The Morgan fingerprint density at radius 3 is 3.13 bits per heavy atom. The molecule has 1 aliphatic heterocycles. The van der Waals surface area contributed by atoms with E-state index in [0.29, 0.717) is 6.61 Å². The Labute approximate surface area is 142 Å². The Morgan fingerprint density at radius 1 is 1.39 bits per heavy atom. The van der Waals surface area contributed by atoms with E-state index in [-0.39, 0.29) is 6.04 Å². The number of nitrogens with one attached hydrogen (secondary N) is 2. The topological polar surface area (TPSA) is 69.8 Å². The first kappa shape index (κ1) is 14.9. The van der Waals surface area contributed by atoms with Crippen LogP contribution in [0.3, 0.4) is 0 Å². The summed E-state index contributed by atoms with van der Waals surface area (Å²) < 4.78 is 6.43. The van der Waals surface area contributed by atoms with Crippen molar-refractivity contribution in [2.75, 3.05) is 19.8 Å². The highest BCUT2D eigenvalue weighted by atomic mass is 35.5. The Morgan fingerprint density at radius 2 is 2.35 bits per heavy atom. The van der Waals surface area contributed by atoms with Crippen molar-refractivity contribution >= 4 is 22.9 Å². The number of rotatable bonds is 4. The number of hydrogen-bond acceptors (Lipinski definition) is 5. The lowest BCUT2D eigenvalue weighted by molar-refractivity contribution is -0.0161. The number of morpholine rings is 1. The summed E-state index contributed by atoms with van der Waals surface area (Å²) in [6.07, 6.45) is 5.42. The highest BCUT2D eigenvalue weighted by Crippen LogP contribution is 2.31. The minimum atomic E-state index is 0.108. The van der Waals surface area contributed by atoms with Crippen LogP contribution >= 0.6 is 22.9 Å². The molecule has 3 aromatic rings. The summed E-state index contributed by atoms with van der Waals surface area (Å²) in [7, 11) is 0. The van der Waals surface area contributed by atoms with E-state index in [2.05, 4.69) is 24.8 Å². The Bertz CT molecular complexity index is 769. The first-order valence-corrected chi connectivity index (χ1v) is 8.59. The van der Waals surface area contributed by atoms with Gasteiger partial charge in [-0.05, 0) is 12.1 Å². The molecular formula is C15H16ClN5OS. The Hall–Kier alpha value is -1.67. The molecule has 1 saturated heterocycles. The van der Waals surface area contributed by atoms with Crippen molar-refractivity contribution < 1.29 is 4.74 Å². The molecule has 23 heavy (non-hydrogen) atoms. The average Bonchev–Trinajstić information content (AvgIpc) is 3.28. The summed E-state index contributed by atoms with van der Waals surface area (Å²) in [5, 5.41) is 0. The van der Waals surface area contributed by atoms with Gasteiger partial charge < -0.3 is 14.7 Å². The number of H-pyrrole nitrogens is 2. The Balaban J connectivity index is 1.56. The summed E-state index contributed by atoms with van der Waals surface area (Å²) in [4.78, 5) is 18.7. The van der Waals surface area contributed by atoms with E-state index >= 15 is 0 Å². The largest absolute Gasteiger partial charge is 0.378 e. The molecule has 4 rings (SSSR count). The molecule has 8 heteroatoms. The van der Waals surface area contributed by atoms with Crippen LogP contribution in [0.25, 0.3) is 10.6 Å². The molecule has 1 fully saturated rings. The molecule has 0 bridgehead atoms. The third-order valence-corrected chi connectivity index (χ3v) is 5.18. The van der Waals surface area contributed by atoms with Gasteiger partial charge in [0, 0.05) is 25.0 Å². The van der Waals surface area contributed by atoms with Crippen molar-refractivity contribution in [2.45, 2.75) is 12.6 Å². The van der Waals surface area contributed by atoms with Crippen LogP contribution < -0.4 is 0 Å². The second-order valence-corrected chi connectivity index (χ2v) is 7.14. The summed E-state index contributed by atoms with van der Waals surface area (Å²) in [6.45, 7) is 3.03. The quantitative estimate of drug-likeness (QED) is 0.759. The third-order valence-electron chi connectivity index (χ3n) is 3.92. The predicted molar refractivity (Wildman–Crippen MR) is 89.5 cm³/mol. The van der Waals surface area contributed by atoms with Crippen LogP contribution in [0.2, 0.25) is 4.34 Å². The van der Waals surface area contributed by atoms with Crippen LogP contribution in [0.1, 0.15) is 17.6 Å². The molecule has 120 valence electrons. The fourth-order valence-corrected chi connectivity index (χ4v) is 3.77. The zero-order chi connectivity index (χ0) is 15.6. The van der Waals surface area contributed by atoms with Crippen molar-refractivity contribution in [2.24, 2.45) is 0 Å². The van der Waals surface area contributed by atoms with Gasteiger partial charge in [0.2, 0.25) is 0 Å². The summed E-state index contributed by atoms with van der Waals surface area (Å²) in [5.74, 6) is 0.920. The fourth-order valence-electron chi connectivity index (χ4n) is 2.76. The first-order valence-electron chi connectivity index (χ1n) is 7.39. The van der Waals surface area contributed by atoms with Crippen LogP contribution in [-0.4, -0.2) is 44.6 Å². The maximum absolute atomic E-state index is 6.02. The number of aromatic nitrogens is 4. The molecule has 0 aromatic carbocycles. The predicted octanol–water partition coefficient (Wildman–Crippen LogP) is 3.09. The summed E-state index contributed by atoms with van der Waals surface area (Å²) >= 11 is 7.56. The van der Waals surface area contributed by atoms with Gasteiger partial charge in [-0.15, -0.1) is 11.3 Å². The molecule has 0 amide bonds. The Kier molecular flexibility index (Phi) is 4.17. The SMILES string of the molecule is Clc1ccc(-c2cnc([C@@H]3COCCN3Cc3cnc[nH]3)[nH]2)s1. The van der Waals surface area contributed by atoms with E-state index in [1.807, 2.05) is 24.5 Å². The monoisotopic (exact) mass is 349 g/mol. The molecule has 0 saturated carbocycles. The highest BCUT2D eigenvalue weighted by Gasteiger charge is 2.27. The molecule has 0 spiro atoms. The van der Waals surface area contributed by atoms with Gasteiger partial charge in [0.05, 0.1) is 46.7 Å². The number of aromatic amines is 2. The zero-order valence-corrected chi connectivity index (χ0v) is 13.9. The second kappa shape index (κ2) is 6.45. The smallest absolute Gasteiger partial charge is 0.126 e. The van der Waals surface area contributed by atoms with E-state index in [1.54, 1.807) is 17.7 Å². The molecular weight excluding hydrogens is 334 g/mol. The van der Waals surface area contributed by atoms with Crippen molar-refractivity contribution in [3.63, 3.8) is 0 Å². The molecule has 3 aromatic heterocycles. The van der Waals surface area contributed by atoms with Crippen LogP contribution in [0, 0.1) is 0 Å². The number of thiophene rings is 1. The molecule has 6 nitrogen and oxygen atoms in total. The lowest BCUT2D eigenvalue weighted by atomic mass is 10.2. The van der Waals surface area contributed by atoms with Crippen molar-refractivity contribution in [3.05, 3.63) is 46.7 Å². The standard InChI is InChI=1S/C15H16ClN5OS/c16-14-2-1-13(23-14)11-6-18-15(20-11)12-8-22-4-3-21(12)7-10-5-17-9-19-10/h1-2,5-6,9,12H,3-4,7-8H2,(H,17,19)(H,18,20)/t12-/m0/s1. The molecule has 1 atom stereocenters. The first-order chi connectivity index (χ1) is 11.3. The lowest BCUT2D eigenvalue weighted by Crippen LogP contribution is -2.39. The fraction of sp³-hybridized carbons (Fsp3) is 0.333. The van der Waals surface area contributed by atoms with Crippen LogP contribution in [-0.2, 0) is 11.3 Å². The van der Waals surface area contributed by atoms with Crippen LogP contribution in [0.4, 0.5) is 0 Å². The van der Waals surface area contributed by atoms with Crippen molar-refractivity contribution in [1.82, 2.24) is 24.8 Å². The molecule has 4 heterocycles. The van der Waals surface area contributed by atoms with Gasteiger partial charge in [0.15, 0.2) is 0 Å². The van der Waals surface area contributed by atoms with E-state index in [4.69, 9.17) is 16.3 Å². The van der Waals surface area contributed by atoms with Gasteiger partial charge in [-0.1, -0.05) is 11.6 Å². The zero-order valence-electron chi connectivity index (χ0n) is 12.3. The maximum Gasteiger partial charge on any atom is 0.126 e. The van der Waals surface area contributed by atoms with E-state index in [0.717, 1.165) is 46.1 Å². The van der Waals surface area contributed by atoms with Crippen LogP contribution in [0.5, 0.6) is 0 Å². The minimum Gasteiger partial charge on any atom is -0.378 e. The maximum atomic E-state index is 6.02. The van der Waals surface area contributed by atoms with Gasteiger partial charge in [-0.3, -0.25) is 4.90 Å². The molecule has 0 radical (unpaired) electrons. The molecule has 0 unspecified atom stereocenters. The van der Waals surface area contributed by atoms with Gasteiger partial charge in [-0.2, -0.15) is 0 Å². The normalized spacial score (nSPS) is 19.3. The van der Waals surface area contributed by atoms with Gasteiger partial charge in [-0.25, -0.2) is 9.97 Å². The summed E-state index contributed by atoms with van der Waals surface area (Å²) in [6, 6.07) is 4.01. The average molecular weight is 350 g/mol. The summed E-state index contributed by atoms with van der Waals surface area (Å²) in [5.41, 5.74) is 2.08. The van der Waals surface area contributed by atoms with Crippen molar-refractivity contribution in [3.8, 4) is 10.6 Å². The van der Waals surface area contributed by atoms with E-state index in [9.17, 15) is 0 Å². The number of hydrogen-bond donors (Lipinski definition) is 2. The third kappa shape index (κ3) is 3.18. The molecule has 2 N–H and O–H groups in total. The molecule has 0 aliphatic carbocycles. The van der Waals surface area contributed by atoms with Gasteiger partial charge in [0.1, 0.15) is 5.82 Å². The molecule has 1 aliphatic rings. The van der Waals surface area contributed by atoms with Crippen LogP contribution in [0.15, 0.2) is 30.9 Å². The van der Waals surface area contributed by atoms with E-state index in [1.165, 1.54) is 0 Å². The van der Waals surface area contributed by atoms with Gasteiger partial charge in [0.25, 0.3) is 0 Å². The minimum absolute atomic E-state index is 0.108. The highest BCUT2D eigenvalue weighted by molar-refractivity contribution is 7.19. The number of imidazole rings is 2. The number of ether oxygens (including phenoxy) is 1. The number of halogens is 1.